The van der Waals surface area contributed by atoms with Crippen LogP contribution in [-0.2, 0) is 17.8 Å². The lowest BCUT2D eigenvalue weighted by Crippen LogP contribution is -2.38. The van der Waals surface area contributed by atoms with E-state index < -0.39 is 0 Å². The molecule has 4 heteroatoms. The lowest BCUT2D eigenvalue weighted by molar-refractivity contribution is -0.134. The quantitative estimate of drug-likeness (QED) is 0.868. The van der Waals surface area contributed by atoms with E-state index in [0.717, 1.165) is 18.7 Å². The van der Waals surface area contributed by atoms with Gasteiger partial charge in [-0.05, 0) is 36.6 Å². The summed E-state index contributed by atoms with van der Waals surface area (Å²) in [5, 5.41) is 0. The molecule has 3 rings (SSSR count). The zero-order valence-corrected chi connectivity index (χ0v) is 12.1. The SMILES string of the molecule is Cc1ncccc1OCC(=O)N1CCc2ccccc2C1. The van der Waals surface area contributed by atoms with Crippen LogP contribution in [0.5, 0.6) is 5.75 Å². The Morgan fingerprint density at radius 3 is 2.86 bits per heavy atom. The maximum absolute atomic E-state index is 12.3. The average molecular weight is 282 g/mol. The van der Waals surface area contributed by atoms with E-state index in [1.54, 1.807) is 6.20 Å². The number of hydrogen-bond donors (Lipinski definition) is 0. The first-order valence-electron chi connectivity index (χ1n) is 7.13. The van der Waals surface area contributed by atoms with Crippen LogP contribution in [0.3, 0.4) is 0 Å². The van der Waals surface area contributed by atoms with Gasteiger partial charge in [0, 0.05) is 19.3 Å². The molecular formula is C17H18N2O2. The number of nitrogens with zero attached hydrogens (tertiary/aromatic N) is 2. The summed E-state index contributed by atoms with van der Waals surface area (Å²) in [4.78, 5) is 18.3. The third-order valence-electron chi connectivity index (χ3n) is 3.79. The molecule has 0 fully saturated rings. The van der Waals surface area contributed by atoms with Gasteiger partial charge in [0.1, 0.15) is 5.75 Å². The largest absolute Gasteiger partial charge is 0.482 e. The summed E-state index contributed by atoms with van der Waals surface area (Å²) in [7, 11) is 0. The van der Waals surface area contributed by atoms with Gasteiger partial charge in [-0.2, -0.15) is 0 Å². The van der Waals surface area contributed by atoms with Crippen molar-refractivity contribution in [3.05, 3.63) is 59.4 Å². The molecule has 0 saturated heterocycles. The molecule has 21 heavy (non-hydrogen) atoms. The summed E-state index contributed by atoms with van der Waals surface area (Å²) in [5.74, 6) is 0.691. The molecular weight excluding hydrogens is 264 g/mol. The van der Waals surface area contributed by atoms with Crippen molar-refractivity contribution in [3.63, 3.8) is 0 Å². The second kappa shape index (κ2) is 5.95. The van der Waals surface area contributed by atoms with Crippen LogP contribution in [-0.4, -0.2) is 28.9 Å². The molecule has 0 unspecified atom stereocenters. The summed E-state index contributed by atoms with van der Waals surface area (Å²) in [6.45, 7) is 3.36. The van der Waals surface area contributed by atoms with Gasteiger partial charge in [0.2, 0.25) is 0 Å². The number of aryl methyl sites for hydroxylation is 1. The first-order chi connectivity index (χ1) is 10.2. The molecule has 1 aromatic heterocycles. The predicted molar refractivity (Wildman–Crippen MR) is 80.0 cm³/mol. The number of amides is 1. The second-order valence-corrected chi connectivity index (χ2v) is 5.21. The lowest BCUT2D eigenvalue weighted by atomic mass is 10.00. The van der Waals surface area contributed by atoms with Crippen molar-refractivity contribution < 1.29 is 9.53 Å². The van der Waals surface area contributed by atoms with Gasteiger partial charge in [-0.25, -0.2) is 0 Å². The molecule has 1 amide bonds. The zero-order valence-electron chi connectivity index (χ0n) is 12.1. The molecule has 2 aromatic rings. The number of ether oxygens (including phenoxy) is 1. The fourth-order valence-corrected chi connectivity index (χ4v) is 2.56. The van der Waals surface area contributed by atoms with Gasteiger partial charge in [0.25, 0.3) is 5.91 Å². The van der Waals surface area contributed by atoms with E-state index in [1.165, 1.54) is 11.1 Å². The molecule has 2 heterocycles. The van der Waals surface area contributed by atoms with Gasteiger partial charge >= 0.3 is 0 Å². The number of rotatable bonds is 3. The Labute approximate surface area is 124 Å². The lowest BCUT2D eigenvalue weighted by Gasteiger charge is -2.28. The fraction of sp³-hybridized carbons (Fsp3) is 0.294. The van der Waals surface area contributed by atoms with Gasteiger partial charge in [-0.15, -0.1) is 0 Å². The number of carbonyl (C=O) groups excluding carboxylic acids is 1. The average Bonchev–Trinajstić information content (AvgIpc) is 2.53. The Bertz CT molecular complexity index is 655. The van der Waals surface area contributed by atoms with Crippen molar-refractivity contribution in [3.8, 4) is 5.75 Å². The van der Waals surface area contributed by atoms with Crippen molar-refractivity contribution in [2.75, 3.05) is 13.2 Å². The number of hydrogen-bond acceptors (Lipinski definition) is 3. The molecule has 0 saturated carbocycles. The molecule has 0 radical (unpaired) electrons. The Morgan fingerprint density at radius 2 is 2.05 bits per heavy atom. The van der Waals surface area contributed by atoms with E-state index in [2.05, 4.69) is 17.1 Å². The van der Waals surface area contributed by atoms with Crippen molar-refractivity contribution in [2.24, 2.45) is 0 Å². The minimum atomic E-state index is 0.0211. The third kappa shape index (κ3) is 3.05. The molecule has 0 N–H and O–H groups in total. The minimum absolute atomic E-state index is 0.0211. The standard InChI is InChI=1S/C17H18N2O2/c1-13-16(7-4-9-18-13)21-12-17(20)19-10-8-14-5-2-3-6-15(14)11-19/h2-7,9H,8,10-12H2,1H3. The normalized spacial score (nSPS) is 13.7. The highest BCUT2D eigenvalue weighted by atomic mass is 16.5. The van der Waals surface area contributed by atoms with Crippen molar-refractivity contribution in [1.29, 1.82) is 0 Å². The molecule has 108 valence electrons. The Kier molecular flexibility index (Phi) is 3.86. The molecule has 4 nitrogen and oxygen atoms in total. The summed E-state index contributed by atoms with van der Waals surface area (Å²) in [6.07, 6.45) is 2.62. The van der Waals surface area contributed by atoms with Crippen LogP contribution in [0.25, 0.3) is 0 Å². The van der Waals surface area contributed by atoms with Gasteiger partial charge in [0.05, 0.1) is 5.69 Å². The van der Waals surface area contributed by atoms with E-state index in [4.69, 9.17) is 4.74 Å². The number of fused-ring (bicyclic) bond motifs is 1. The summed E-state index contributed by atoms with van der Waals surface area (Å²) in [5.41, 5.74) is 3.37. The highest BCUT2D eigenvalue weighted by Crippen LogP contribution is 2.19. The van der Waals surface area contributed by atoms with Gasteiger partial charge < -0.3 is 9.64 Å². The maximum atomic E-state index is 12.3. The van der Waals surface area contributed by atoms with E-state index in [0.29, 0.717) is 12.3 Å². The Hall–Kier alpha value is -2.36. The highest BCUT2D eigenvalue weighted by molar-refractivity contribution is 5.78. The van der Waals surface area contributed by atoms with E-state index in [1.807, 2.05) is 36.1 Å². The van der Waals surface area contributed by atoms with E-state index in [9.17, 15) is 4.79 Å². The maximum Gasteiger partial charge on any atom is 0.260 e. The van der Waals surface area contributed by atoms with Crippen LogP contribution in [0, 0.1) is 6.92 Å². The minimum Gasteiger partial charge on any atom is -0.482 e. The van der Waals surface area contributed by atoms with Crippen LogP contribution < -0.4 is 4.74 Å². The molecule has 1 aromatic carbocycles. The first-order valence-corrected chi connectivity index (χ1v) is 7.13. The summed E-state index contributed by atoms with van der Waals surface area (Å²) >= 11 is 0. The first kappa shape index (κ1) is 13.6. The highest BCUT2D eigenvalue weighted by Gasteiger charge is 2.20. The van der Waals surface area contributed by atoms with Crippen LogP contribution in [0.2, 0.25) is 0 Å². The number of benzene rings is 1. The molecule has 1 aliphatic heterocycles. The summed E-state index contributed by atoms with van der Waals surface area (Å²) in [6, 6.07) is 11.9. The van der Waals surface area contributed by atoms with Gasteiger partial charge in [0.15, 0.2) is 6.61 Å². The topological polar surface area (TPSA) is 42.4 Å². The van der Waals surface area contributed by atoms with Crippen molar-refractivity contribution in [2.45, 2.75) is 19.9 Å². The van der Waals surface area contributed by atoms with Crippen molar-refractivity contribution in [1.82, 2.24) is 9.88 Å². The molecule has 0 bridgehead atoms. The van der Waals surface area contributed by atoms with Crippen molar-refractivity contribution >= 4 is 5.91 Å². The Morgan fingerprint density at radius 1 is 1.24 bits per heavy atom. The van der Waals surface area contributed by atoms with Gasteiger partial charge in [-0.1, -0.05) is 24.3 Å². The smallest absolute Gasteiger partial charge is 0.260 e. The number of carbonyl (C=O) groups is 1. The van der Waals surface area contributed by atoms with Crippen LogP contribution in [0.15, 0.2) is 42.6 Å². The molecule has 1 aliphatic rings. The van der Waals surface area contributed by atoms with E-state index >= 15 is 0 Å². The second-order valence-electron chi connectivity index (χ2n) is 5.21. The predicted octanol–water partition coefficient (Wildman–Crippen LogP) is 2.35. The molecule has 0 aliphatic carbocycles. The number of pyridine rings is 1. The van der Waals surface area contributed by atoms with Crippen LogP contribution in [0.1, 0.15) is 16.8 Å². The van der Waals surface area contributed by atoms with E-state index in [-0.39, 0.29) is 12.5 Å². The monoisotopic (exact) mass is 282 g/mol. The van der Waals surface area contributed by atoms with Gasteiger partial charge in [-0.3, -0.25) is 9.78 Å². The third-order valence-corrected chi connectivity index (χ3v) is 3.79. The summed E-state index contributed by atoms with van der Waals surface area (Å²) < 4.78 is 5.59. The Balaban J connectivity index is 1.61. The van der Waals surface area contributed by atoms with Crippen LogP contribution in [0.4, 0.5) is 0 Å². The fourth-order valence-electron chi connectivity index (χ4n) is 2.56. The molecule has 0 spiro atoms. The zero-order chi connectivity index (χ0) is 14.7. The molecule has 0 atom stereocenters. The van der Waals surface area contributed by atoms with Crippen LogP contribution >= 0.6 is 0 Å². The number of aromatic nitrogens is 1.